The molecule has 0 unspecified atom stereocenters. The molecule has 188 valence electrons. The second-order valence-electron chi connectivity index (χ2n) is 8.79. The highest BCUT2D eigenvalue weighted by Crippen LogP contribution is 2.33. The van der Waals surface area contributed by atoms with Gasteiger partial charge in [-0.15, -0.1) is 0 Å². The van der Waals surface area contributed by atoms with Crippen LogP contribution < -0.4 is 11.2 Å². The number of hydrogen-bond acceptors (Lipinski definition) is 5. The van der Waals surface area contributed by atoms with E-state index >= 15 is 0 Å². The summed E-state index contributed by atoms with van der Waals surface area (Å²) in [4.78, 5) is 51.3. The second kappa shape index (κ2) is 9.23. The standard InChI is InChI=1S/C23H24F3N3O6/c1-13-14(3-2-4-18(13)23(24,25)26)11-29-19(30)17(20(31)32)12-28(21(29)33)16-7-5-15(6-8-16)27-9-10-35-22(27)34/h2-4,12,15-16H,5-11H2,1H3,(H,31,32). The summed E-state index contributed by atoms with van der Waals surface area (Å²) >= 11 is 0. The van der Waals surface area contributed by atoms with Gasteiger partial charge in [0.25, 0.3) is 5.56 Å². The van der Waals surface area contributed by atoms with Crippen LogP contribution in [0, 0.1) is 6.92 Å². The zero-order valence-electron chi connectivity index (χ0n) is 18.9. The van der Waals surface area contributed by atoms with Crippen LogP contribution in [0.4, 0.5) is 18.0 Å². The van der Waals surface area contributed by atoms with E-state index in [2.05, 4.69) is 0 Å². The number of aromatic carboxylic acids is 1. The van der Waals surface area contributed by atoms with Gasteiger partial charge in [0.2, 0.25) is 0 Å². The van der Waals surface area contributed by atoms with Gasteiger partial charge in [-0.3, -0.25) is 13.9 Å². The Morgan fingerprint density at radius 2 is 1.77 bits per heavy atom. The molecular formula is C23H24F3N3O6. The summed E-state index contributed by atoms with van der Waals surface area (Å²) in [6.07, 6.45) is -1.97. The molecule has 0 atom stereocenters. The number of nitrogens with zero attached hydrogens (tertiary/aromatic N) is 3. The van der Waals surface area contributed by atoms with E-state index in [-0.39, 0.29) is 23.3 Å². The first-order valence-corrected chi connectivity index (χ1v) is 11.2. The lowest BCUT2D eigenvalue weighted by Gasteiger charge is -2.34. The van der Waals surface area contributed by atoms with Crippen molar-refractivity contribution in [3.63, 3.8) is 0 Å². The van der Waals surface area contributed by atoms with Crippen molar-refractivity contribution in [3.05, 3.63) is 67.5 Å². The van der Waals surface area contributed by atoms with Crippen molar-refractivity contribution in [1.82, 2.24) is 14.0 Å². The fourth-order valence-corrected chi connectivity index (χ4v) is 4.89. The third-order valence-corrected chi connectivity index (χ3v) is 6.80. The molecule has 2 aliphatic rings. The maximum atomic E-state index is 13.3. The number of cyclic esters (lactones) is 1. The molecule has 9 nitrogen and oxygen atoms in total. The number of benzene rings is 1. The van der Waals surface area contributed by atoms with Gasteiger partial charge < -0.3 is 14.7 Å². The lowest BCUT2D eigenvalue weighted by Crippen LogP contribution is -2.45. The molecular weight excluding hydrogens is 471 g/mol. The molecule has 12 heteroatoms. The third kappa shape index (κ3) is 4.69. The van der Waals surface area contributed by atoms with Crippen LogP contribution in [0.2, 0.25) is 0 Å². The third-order valence-electron chi connectivity index (χ3n) is 6.80. The van der Waals surface area contributed by atoms with E-state index in [0.29, 0.717) is 43.4 Å². The molecule has 1 aliphatic carbocycles. The van der Waals surface area contributed by atoms with Crippen LogP contribution in [0.25, 0.3) is 0 Å². The molecule has 1 aromatic heterocycles. The molecule has 0 radical (unpaired) electrons. The fourth-order valence-electron chi connectivity index (χ4n) is 4.89. The summed E-state index contributed by atoms with van der Waals surface area (Å²) in [7, 11) is 0. The molecule has 1 saturated carbocycles. The van der Waals surface area contributed by atoms with E-state index in [4.69, 9.17) is 4.74 Å². The normalized spacial score (nSPS) is 20.7. The lowest BCUT2D eigenvalue weighted by molar-refractivity contribution is -0.138. The van der Waals surface area contributed by atoms with E-state index in [1.807, 2.05) is 0 Å². The topological polar surface area (TPSA) is 111 Å². The Morgan fingerprint density at radius 3 is 2.34 bits per heavy atom. The van der Waals surface area contributed by atoms with Crippen molar-refractivity contribution >= 4 is 12.1 Å². The van der Waals surface area contributed by atoms with Gasteiger partial charge in [0.1, 0.15) is 12.2 Å². The molecule has 2 aromatic rings. The Morgan fingerprint density at radius 1 is 1.11 bits per heavy atom. The average Bonchev–Trinajstić information content (AvgIpc) is 3.22. The van der Waals surface area contributed by atoms with Crippen LogP contribution in [0.3, 0.4) is 0 Å². The number of carboxylic acid groups (broad SMARTS) is 1. The molecule has 0 spiro atoms. The Bertz CT molecular complexity index is 1270. The summed E-state index contributed by atoms with van der Waals surface area (Å²) in [6.45, 7) is 1.55. The number of amides is 1. The first-order valence-electron chi connectivity index (χ1n) is 11.2. The van der Waals surface area contributed by atoms with Gasteiger partial charge in [0, 0.05) is 18.3 Å². The van der Waals surface area contributed by atoms with E-state index in [1.54, 1.807) is 4.90 Å². The van der Waals surface area contributed by atoms with E-state index in [9.17, 15) is 37.5 Å². The smallest absolute Gasteiger partial charge is 0.416 e. The van der Waals surface area contributed by atoms with Crippen LogP contribution >= 0.6 is 0 Å². The van der Waals surface area contributed by atoms with Gasteiger partial charge in [-0.25, -0.2) is 14.4 Å². The van der Waals surface area contributed by atoms with Gasteiger partial charge in [-0.1, -0.05) is 12.1 Å². The number of alkyl halides is 3. The van der Waals surface area contributed by atoms with Crippen molar-refractivity contribution < 1.29 is 32.6 Å². The first-order chi connectivity index (χ1) is 16.5. The summed E-state index contributed by atoms with van der Waals surface area (Å²) in [5.74, 6) is -1.54. The minimum atomic E-state index is -4.62. The second-order valence-corrected chi connectivity index (χ2v) is 8.79. The highest BCUT2D eigenvalue weighted by Gasteiger charge is 2.35. The van der Waals surface area contributed by atoms with Crippen molar-refractivity contribution in [1.29, 1.82) is 0 Å². The van der Waals surface area contributed by atoms with E-state index in [0.717, 1.165) is 12.3 Å². The molecule has 1 saturated heterocycles. The van der Waals surface area contributed by atoms with Crippen LogP contribution in [-0.2, 0) is 17.5 Å². The van der Waals surface area contributed by atoms with E-state index < -0.39 is 47.1 Å². The average molecular weight is 495 g/mol. The zero-order valence-corrected chi connectivity index (χ0v) is 18.9. The number of carbonyl (C=O) groups excluding carboxylic acids is 1. The molecule has 0 bridgehead atoms. The van der Waals surface area contributed by atoms with Crippen LogP contribution in [0.5, 0.6) is 0 Å². The van der Waals surface area contributed by atoms with Crippen molar-refractivity contribution in [2.45, 2.75) is 57.4 Å². The summed E-state index contributed by atoms with van der Waals surface area (Å²) in [5, 5.41) is 9.55. The molecule has 35 heavy (non-hydrogen) atoms. The molecule has 2 fully saturated rings. The van der Waals surface area contributed by atoms with Gasteiger partial charge in [-0.05, 0) is 49.8 Å². The van der Waals surface area contributed by atoms with Crippen LogP contribution in [0.15, 0.2) is 34.0 Å². The first kappa shape index (κ1) is 24.6. The Balaban J connectivity index is 1.68. The van der Waals surface area contributed by atoms with Gasteiger partial charge in [0.15, 0.2) is 0 Å². The largest absolute Gasteiger partial charge is 0.477 e. The maximum absolute atomic E-state index is 13.3. The predicted octanol–water partition coefficient (Wildman–Crippen LogP) is 3.02. The monoisotopic (exact) mass is 495 g/mol. The number of ether oxygens (including phenoxy) is 1. The predicted molar refractivity (Wildman–Crippen MR) is 117 cm³/mol. The number of halogens is 3. The SMILES string of the molecule is Cc1c(Cn2c(=O)c(C(=O)O)cn(C3CCC(N4CCOC4=O)CC3)c2=O)cccc1C(F)(F)F. The number of hydrogen-bond donors (Lipinski definition) is 1. The van der Waals surface area contributed by atoms with Gasteiger partial charge in [0.05, 0.1) is 18.7 Å². The van der Waals surface area contributed by atoms with Crippen molar-refractivity contribution in [3.8, 4) is 0 Å². The quantitative estimate of drug-likeness (QED) is 0.683. The highest BCUT2D eigenvalue weighted by atomic mass is 19.4. The molecule has 1 amide bonds. The molecule has 4 rings (SSSR count). The van der Waals surface area contributed by atoms with Gasteiger partial charge >= 0.3 is 23.9 Å². The number of aromatic nitrogens is 2. The molecule has 2 heterocycles. The van der Waals surface area contributed by atoms with Gasteiger partial charge in [-0.2, -0.15) is 13.2 Å². The van der Waals surface area contributed by atoms with Crippen molar-refractivity contribution in [2.75, 3.05) is 13.2 Å². The maximum Gasteiger partial charge on any atom is 0.416 e. The Kier molecular flexibility index (Phi) is 6.48. The van der Waals surface area contributed by atoms with Crippen LogP contribution in [-0.4, -0.2) is 50.4 Å². The molecule has 1 aromatic carbocycles. The minimum absolute atomic E-state index is 0.0606. The van der Waals surface area contributed by atoms with Crippen molar-refractivity contribution in [2.24, 2.45) is 0 Å². The van der Waals surface area contributed by atoms with Crippen LogP contribution in [0.1, 0.15) is 58.8 Å². The number of rotatable bonds is 5. The number of carboxylic acids is 1. The molecule has 1 N–H and O–H groups in total. The Hall–Kier alpha value is -3.57. The summed E-state index contributed by atoms with van der Waals surface area (Å²) < 4.78 is 46.8. The highest BCUT2D eigenvalue weighted by molar-refractivity contribution is 5.86. The Labute approximate surface area is 197 Å². The minimum Gasteiger partial charge on any atom is -0.477 e. The summed E-state index contributed by atoms with van der Waals surface area (Å²) in [5.41, 5.74) is -3.46. The fraction of sp³-hybridized carbons (Fsp3) is 0.478. The van der Waals surface area contributed by atoms with E-state index in [1.165, 1.54) is 23.6 Å². The summed E-state index contributed by atoms with van der Waals surface area (Å²) in [6, 6.07) is 2.97. The lowest BCUT2D eigenvalue weighted by atomic mass is 9.90. The number of carbonyl (C=O) groups is 2. The zero-order chi connectivity index (χ0) is 25.5. The molecule has 1 aliphatic heterocycles.